The van der Waals surface area contributed by atoms with Crippen LogP contribution in [-0.4, -0.2) is 12.7 Å². The highest BCUT2D eigenvalue weighted by Crippen LogP contribution is 2.30. The third-order valence-electron chi connectivity index (χ3n) is 2.39. The van der Waals surface area contributed by atoms with Gasteiger partial charge in [-0.25, -0.2) is 4.39 Å². The van der Waals surface area contributed by atoms with E-state index in [0.717, 1.165) is 12.1 Å². The Labute approximate surface area is 94.1 Å². The molecule has 78 valence electrons. The number of benzene rings is 1. The summed E-state index contributed by atoms with van der Waals surface area (Å²) in [6.45, 7) is 0.733. The number of hydrogen-bond acceptors (Lipinski definition) is 1. The van der Waals surface area contributed by atoms with Crippen LogP contribution in [0.2, 0.25) is 5.02 Å². The van der Waals surface area contributed by atoms with E-state index in [1.165, 1.54) is 0 Å². The molecule has 0 bridgehead atoms. The van der Waals surface area contributed by atoms with Crippen molar-refractivity contribution in [3.63, 3.8) is 0 Å². The maximum absolute atomic E-state index is 13.3. The van der Waals surface area contributed by atoms with Crippen molar-refractivity contribution >= 4 is 24.0 Å². The lowest BCUT2D eigenvalue weighted by Crippen LogP contribution is -2.18. The third kappa shape index (κ3) is 2.19. The molecule has 1 aliphatic rings. The van der Waals surface area contributed by atoms with Gasteiger partial charge in [-0.15, -0.1) is 12.4 Å². The van der Waals surface area contributed by atoms with Crippen LogP contribution in [0, 0.1) is 0 Å². The molecule has 1 heterocycles. The van der Waals surface area contributed by atoms with Crippen LogP contribution in [0.3, 0.4) is 0 Å². The number of nitrogens with one attached hydrogen (secondary N) is 1. The molecule has 1 N–H and O–H groups in total. The van der Waals surface area contributed by atoms with E-state index >= 15 is 0 Å². The van der Waals surface area contributed by atoms with Crippen LogP contribution in [0.25, 0.3) is 0 Å². The van der Waals surface area contributed by atoms with Crippen molar-refractivity contribution < 1.29 is 4.39 Å². The van der Waals surface area contributed by atoms with Gasteiger partial charge in [-0.1, -0.05) is 29.8 Å². The van der Waals surface area contributed by atoms with Gasteiger partial charge in [0.05, 0.1) is 6.04 Å². The Morgan fingerprint density at radius 3 is 2.64 bits per heavy atom. The fourth-order valence-corrected chi connectivity index (χ4v) is 1.96. The molecule has 1 aromatic carbocycles. The van der Waals surface area contributed by atoms with Crippen molar-refractivity contribution in [2.45, 2.75) is 18.6 Å². The highest BCUT2D eigenvalue weighted by molar-refractivity contribution is 6.31. The van der Waals surface area contributed by atoms with E-state index in [2.05, 4.69) is 5.32 Å². The molecule has 1 nitrogen and oxygen atoms in total. The number of rotatable bonds is 1. The maximum atomic E-state index is 13.3. The van der Waals surface area contributed by atoms with E-state index in [1.807, 2.05) is 18.2 Å². The monoisotopic (exact) mass is 235 g/mol. The number of alkyl halides is 1. The number of hydrogen-bond donors (Lipinski definition) is 1. The number of halogens is 3. The van der Waals surface area contributed by atoms with Crippen LogP contribution in [0.15, 0.2) is 24.3 Å². The van der Waals surface area contributed by atoms with Gasteiger partial charge in [-0.2, -0.15) is 0 Å². The van der Waals surface area contributed by atoms with Gasteiger partial charge < -0.3 is 5.32 Å². The van der Waals surface area contributed by atoms with E-state index in [-0.39, 0.29) is 18.4 Å². The molecule has 0 spiro atoms. The quantitative estimate of drug-likeness (QED) is 0.789. The average molecular weight is 236 g/mol. The SMILES string of the molecule is Cl.FC1CCNC1c1ccccc1Cl. The molecule has 2 unspecified atom stereocenters. The van der Waals surface area contributed by atoms with Crippen molar-refractivity contribution in [1.29, 1.82) is 0 Å². The molecule has 4 heteroatoms. The van der Waals surface area contributed by atoms with Gasteiger partial charge in [-0.05, 0) is 24.6 Å². The summed E-state index contributed by atoms with van der Waals surface area (Å²) in [6, 6.07) is 7.19. The van der Waals surface area contributed by atoms with Crippen molar-refractivity contribution in [3.05, 3.63) is 34.9 Å². The van der Waals surface area contributed by atoms with Gasteiger partial charge in [0.2, 0.25) is 0 Å². The Balaban J connectivity index is 0.000000980. The highest BCUT2D eigenvalue weighted by atomic mass is 35.5. The molecule has 2 atom stereocenters. The Morgan fingerprint density at radius 2 is 2.07 bits per heavy atom. The van der Waals surface area contributed by atoms with Crippen LogP contribution in [0.5, 0.6) is 0 Å². The molecule has 1 aromatic rings. The highest BCUT2D eigenvalue weighted by Gasteiger charge is 2.28. The topological polar surface area (TPSA) is 12.0 Å². The largest absolute Gasteiger partial charge is 0.307 e. The fourth-order valence-electron chi connectivity index (χ4n) is 1.70. The second-order valence-corrected chi connectivity index (χ2v) is 3.67. The first-order valence-electron chi connectivity index (χ1n) is 4.41. The van der Waals surface area contributed by atoms with Crippen molar-refractivity contribution in [1.82, 2.24) is 5.32 Å². The molecule has 14 heavy (non-hydrogen) atoms. The molecule has 0 radical (unpaired) electrons. The molecule has 0 amide bonds. The predicted molar refractivity (Wildman–Crippen MR) is 59.0 cm³/mol. The first kappa shape index (κ1) is 11.8. The van der Waals surface area contributed by atoms with Crippen molar-refractivity contribution in [3.8, 4) is 0 Å². The van der Waals surface area contributed by atoms with Gasteiger partial charge >= 0.3 is 0 Å². The summed E-state index contributed by atoms with van der Waals surface area (Å²) in [5.74, 6) is 0. The molecule has 0 saturated carbocycles. The second-order valence-electron chi connectivity index (χ2n) is 3.26. The van der Waals surface area contributed by atoms with Gasteiger partial charge in [0.15, 0.2) is 0 Å². The molecular weight excluding hydrogens is 224 g/mol. The molecule has 1 fully saturated rings. The molecule has 1 saturated heterocycles. The summed E-state index contributed by atoms with van der Waals surface area (Å²) < 4.78 is 13.3. The zero-order valence-corrected chi connectivity index (χ0v) is 9.11. The molecule has 2 rings (SSSR count). The van der Waals surface area contributed by atoms with Crippen LogP contribution in [0.1, 0.15) is 18.0 Å². The smallest absolute Gasteiger partial charge is 0.121 e. The van der Waals surface area contributed by atoms with Gasteiger partial charge in [0, 0.05) is 5.02 Å². The van der Waals surface area contributed by atoms with Crippen LogP contribution in [-0.2, 0) is 0 Å². The van der Waals surface area contributed by atoms with E-state index in [4.69, 9.17) is 11.6 Å². The summed E-state index contributed by atoms with van der Waals surface area (Å²) in [6.07, 6.45) is -0.226. The summed E-state index contributed by atoms with van der Waals surface area (Å²) >= 11 is 5.96. The van der Waals surface area contributed by atoms with E-state index in [9.17, 15) is 4.39 Å². The van der Waals surface area contributed by atoms with E-state index in [1.54, 1.807) is 6.07 Å². The predicted octanol–water partition coefficient (Wildman–Crippen LogP) is 3.13. The first-order valence-corrected chi connectivity index (χ1v) is 4.79. The Hall–Kier alpha value is -0.310. The first-order chi connectivity index (χ1) is 6.29. The zero-order valence-electron chi connectivity index (χ0n) is 7.54. The fraction of sp³-hybridized carbons (Fsp3) is 0.400. The molecule has 1 aliphatic heterocycles. The lowest BCUT2D eigenvalue weighted by molar-refractivity contribution is 0.304. The van der Waals surface area contributed by atoms with Crippen LogP contribution in [0.4, 0.5) is 4.39 Å². The molecule has 0 aliphatic carbocycles. The van der Waals surface area contributed by atoms with Crippen molar-refractivity contribution in [2.75, 3.05) is 6.54 Å². The van der Waals surface area contributed by atoms with Crippen molar-refractivity contribution in [2.24, 2.45) is 0 Å². The van der Waals surface area contributed by atoms with E-state index < -0.39 is 6.17 Å². The lowest BCUT2D eigenvalue weighted by Gasteiger charge is -2.14. The zero-order chi connectivity index (χ0) is 9.26. The van der Waals surface area contributed by atoms with Crippen LogP contribution >= 0.6 is 24.0 Å². The minimum atomic E-state index is -0.806. The average Bonchev–Trinajstić information content (AvgIpc) is 2.52. The third-order valence-corrected chi connectivity index (χ3v) is 2.73. The summed E-state index contributed by atoms with van der Waals surface area (Å²) in [5.41, 5.74) is 0.870. The van der Waals surface area contributed by atoms with Crippen LogP contribution < -0.4 is 5.32 Å². The second kappa shape index (κ2) is 4.96. The van der Waals surface area contributed by atoms with Gasteiger partial charge in [-0.3, -0.25) is 0 Å². The Kier molecular flexibility index (Phi) is 4.17. The minimum Gasteiger partial charge on any atom is -0.307 e. The minimum absolute atomic E-state index is 0. The van der Waals surface area contributed by atoms with Gasteiger partial charge in [0.25, 0.3) is 0 Å². The summed E-state index contributed by atoms with van der Waals surface area (Å²) in [4.78, 5) is 0. The molecule has 0 aromatic heterocycles. The molecular formula is C10H12Cl2FN. The lowest BCUT2D eigenvalue weighted by atomic mass is 10.0. The Morgan fingerprint density at radius 1 is 1.36 bits per heavy atom. The van der Waals surface area contributed by atoms with Gasteiger partial charge in [0.1, 0.15) is 6.17 Å². The van der Waals surface area contributed by atoms with E-state index in [0.29, 0.717) is 11.4 Å². The summed E-state index contributed by atoms with van der Waals surface area (Å²) in [7, 11) is 0. The summed E-state index contributed by atoms with van der Waals surface area (Å²) in [5, 5.41) is 3.75. The Bertz CT molecular complexity index is 306. The maximum Gasteiger partial charge on any atom is 0.121 e. The standard InChI is InChI=1S/C10H11ClFN.ClH/c11-8-4-2-1-3-7(8)10-9(12)5-6-13-10;/h1-4,9-10,13H,5-6H2;1H. The normalized spacial score (nSPS) is 25.9.